The van der Waals surface area contributed by atoms with Gasteiger partial charge in [0.2, 0.25) is 0 Å². The fraction of sp³-hybridized carbons (Fsp3) is 0.933. The van der Waals surface area contributed by atoms with E-state index in [-0.39, 0.29) is 6.04 Å². The van der Waals surface area contributed by atoms with E-state index in [4.69, 9.17) is 9.47 Å². The Bertz CT molecular complexity index is 289. The first kappa shape index (κ1) is 20.3. The largest absolute Gasteiger partial charge is 0.480 e. The Balaban J connectivity index is 4.66. The Morgan fingerprint density at radius 2 is 1.90 bits per heavy atom. The van der Waals surface area contributed by atoms with Crippen LogP contribution in [0, 0.1) is 0 Å². The molecule has 0 spiro atoms. The summed E-state index contributed by atoms with van der Waals surface area (Å²) in [7, 11) is 3.37. The zero-order chi connectivity index (χ0) is 16.3. The van der Waals surface area contributed by atoms with E-state index < -0.39 is 11.5 Å². The maximum absolute atomic E-state index is 11.5. The van der Waals surface area contributed by atoms with Gasteiger partial charge in [-0.05, 0) is 33.2 Å². The highest BCUT2D eigenvalue weighted by molar-refractivity contribution is 5.78. The predicted molar refractivity (Wildman–Crippen MR) is 83.7 cm³/mol. The number of ether oxygens (including phenoxy) is 2. The smallest absolute Gasteiger partial charge is 0.323 e. The summed E-state index contributed by atoms with van der Waals surface area (Å²) in [6.45, 7) is 9.40. The van der Waals surface area contributed by atoms with E-state index >= 15 is 0 Å². The zero-order valence-electron chi connectivity index (χ0n) is 14.1. The van der Waals surface area contributed by atoms with Gasteiger partial charge in [-0.25, -0.2) is 0 Å². The minimum Gasteiger partial charge on any atom is -0.480 e. The molecule has 0 aromatic heterocycles. The van der Waals surface area contributed by atoms with Gasteiger partial charge in [0.05, 0.1) is 6.61 Å². The maximum atomic E-state index is 11.5. The van der Waals surface area contributed by atoms with Gasteiger partial charge in [0, 0.05) is 40.0 Å². The molecule has 126 valence electrons. The number of methoxy groups -OCH3 is 2. The van der Waals surface area contributed by atoms with Gasteiger partial charge in [-0.3, -0.25) is 9.69 Å². The van der Waals surface area contributed by atoms with Crippen LogP contribution >= 0.6 is 0 Å². The third-order valence-electron chi connectivity index (χ3n) is 3.74. The van der Waals surface area contributed by atoms with E-state index in [2.05, 4.69) is 17.1 Å². The molecule has 0 bridgehead atoms. The second kappa shape index (κ2) is 11.0. The first-order chi connectivity index (χ1) is 9.91. The molecular formula is C15H32N2O4. The van der Waals surface area contributed by atoms with Crippen molar-refractivity contribution >= 4 is 5.97 Å². The van der Waals surface area contributed by atoms with Crippen molar-refractivity contribution < 1.29 is 19.4 Å². The standard InChI is InChI=1S/C15H32N2O4/c1-6-16-15(3,14(18)19)12-13(2)17(9-11-21-5)8-7-10-20-4/h13,16H,6-12H2,1-5H3,(H,18,19). The molecule has 0 aromatic carbocycles. The van der Waals surface area contributed by atoms with Gasteiger partial charge in [0.15, 0.2) is 0 Å². The fourth-order valence-corrected chi connectivity index (χ4v) is 2.52. The minimum absolute atomic E-state index is 0.150. The monoisotopic (exact) mass is 304 g/mol. The number of rotatable bonds is 13. The molecule has 0 radical (unpaired) electrons. The highest BCUT2D eigenvalue weighted by Gasteiger charge is 2.35. The summed E-state index contributed by atoms with van der Waals surface area (Å²) in [6.07, 6.45) is 1.47. The van der Waals surface area contributed by atoms with Crippen LogP contribution in [0.4, 0.5) is 0 Å². The molecule has 0 saturated heterocycles. The van der Waals surface area contributed by atoms with Gasteiger partial charge < -0.3 is 19.9 Å². The average Bonchev–Trinajstić information content (AvgIpc) is 2.42. The van der Waals surface area contributed by atoms with Gasteiger partial charge in [-0.1, -0.05) is 6.92 Å². The number of hydrogen-bond donors (Lipinski definition) is 2. The van der Waals surface area contributed by atoms with Gasteiger partial charge in [-0.2, -0.15) is 0 Å². The van der Waals surface area contributed by atoms with Crippen LogP contribution in [0.5, 0.6) is 0 Å². The van der Waals surface area contributed by atoms with Crippen molar-refractivity contribution in [1.29, 1.82) is 0 Å². The fourth-order valence-electron chi connectivity index (χ4n) is 2.52. The van der Waals surface area contributed by atoms with E-state index in [1.165, 1.54) is 0 Å². The third-order valence-corrected chi connectivity index (χ3v) is 3.74. The summed E-state index contributed by atoms with van der Waals surface area (Å²) in [6, 6.07) is 0.150. The van der Waals surface area contributed by atoms with Crippen LogP contribution in [0.1, 0.15) is 33.6 Å². The van der Waals surface area contributed by atoms with Crippen molar-refractivity contribution in [2.75, 3.05) is 47.1 Å². The van der Waals surface area contributed by atoms with Crippen molar-refractivity contribution in [2.45, 2.75) is 45.2 Å². The molecule has 0 fully saturated rings. The van der Waals surface area contributed by atoms with Crippen molar-refractivity contribution in [2.24, 2.45) is 0 Å². The molecule has 0 amide bonds. The van der Waals surface area contributed by atoms with E-state index in [0.717, 1.165) is 19.5 Å². The number of carboxylic acids is 1. The lowest BCUT2D eigenvalue weighted by Crippen LogP contribution is -2.53. The normalized spacial score (nSPS) is 15.9. The molecule has 0 aromatic rings. The lowest BCUT2D eigenvalue weighted by Gasteiger charge is -2.35. The van der Waals surface area contributed by atoms with Crippen LogP contribution in [0.15, 0.2) is 0 Å². The lowest BCUT2D eigenvalue weighted by atomic mass is 9.92. The third kappa shape index (κ3) is 7.76. The van der Waals surface area contributed by atoms with Crippen LogP contribution in [-0.2, 0) is 14.3 Å². The molecule has 6 nitrogen and oxygen atoms in total. The highest BCUT2D eigenvalue weighted by atomic mass is 16.5. The Hall–Kier alpha value is -0.690. The summed E-state index contributed by atoms with van der Waals surface area (Å²) >= 11 is 0. The number of carbonyl (C=O) groups is 1. The highest BCUT2D eigenvalue weighted by Crippen LogP contribution is 2.17. The molecule has 0 saturated carbocycles. The molecule has 0 aliphatic heterocycles. The second-order valence-corrected chi connectivity index (χ2v) is 5.60. The van der Waals surface area contributed by atoms with Gasteiger partial charge in [-0.15, -0.1) is 0 Å². The molecular weight excluding hydrogens is 272 g/mol. The second-order valence-electron chi connectivity index (χ2n) is 5.60. The molecule has 0 rings (SSSR count). The van der Waals surface area contributed by atoms with Crippen molar-refractivity contribution in [3.63, 3.8) is 0 Å². The van der Waals surface area contributed by atoms with Crippen LogP contribution < -0.4 is 5.32 Å². The zero-order valence-corrected chi connectivity index (χ0v) is 14.1. The molecule has 2 atom stereocenters. The molecule has 0 heterocycles. The summed E-state index contributed by atoms with van der Waals surface area (Å²) in [5, 5.41) is 12.5. The Morgan fingerprint density at radius 1 is 1.29 bits per heavy atom. The van der Waals surface area contributed by atoms with Gasteiger partial charge in [0.1, 0.15) is 5.54 Å². The minimum atomic E-state index is -0.902. The molecule has 0 aliphatic carbocycles. The first-order valence-electron chi connectivity index (χ1n) is 7.61. The number of aliphatic carboxylic acids is 1. The number of nitrogens with one attached hydrogen (secondary N) is 1. The topological polar surface area (TPSA) is 71.0 Å². The summed E-state index contributed by atoms with van der Waals surface area (Å²) in [5.74, 6) is -0.806. The first-order valence-corrected chi connectivity index (χ1v) is 7.61. The number of carboxylic acid groups (broad SMARTS) is 1. The van der Waals surface area contributed by atoms with Crippen LogP contribution in [0.3, 0.4) is 0 Å². The van der Waals surface area contributed by atoms with Crippen LogP contribution in [0.2, 0.25) is 0 Å². The predicted octanol–water partition coefficient (Wildman–Crippen LogP) is 1.20. The molecule has 21 heavy (non-hydrogen) atoms. The average molecular weight is 304 g/mol. The van der Waals surface area contributed by atoms with Crippen LogP contribution in [0.25, 0.3) is 0 Å². The van der Waals surface area contributed by atoms with E-state index in [0.29, 0.717) is 26.2 Å². The van der Waals surface area contributed by atoms with Crippen molar-refractivity contribution in [3.8, 4) is 0 Å². The van der Waals surface area contributed by atoms with Crippen molar-refractivity contribution in [3.05, 3.63) is 0 Å². The van der Waals surface area contributed by atoms with Crippen molar-refractivity contribution in [1.82, 2.24) is 10.2 Å². The lowest BCUT2D eigenvalue weighted by molar-refractivity contribution is -0.145. The molecule has 0 aliphatic rings. The van der Waals surface area contributed by atoms with E-state index in [1.807, 2.05) is 6.92 Å². The molecule has 2 N–H and O–H groups in total. The molecule has 2 unspecified atom stereocenters. The number of nitrogens with zero attached hydrogens (tertiary/aromatic N) is 1. The van der Waals surface area contributed by atoms with Gasteiger partial charge in [0.25, 0.3) is 0 Å². The summed E-state index contributed by atoms with van der Waals surface area (Å²) in [4.78, 5) is 13.8. The van der Waals surface area contributed by atoms with Crippen LogP contribution in [-0.4, -0.2) is 74.6 Å². The number of hydrogen-bond acceptors (Lipinski definition) is 5. The molecule has 6 heteroatoms. The Labute approximate surface area is 128 Å². The SMILES string of the molecule is CCNC(C)(CC(C)N(CCCOC)CCOC)C(=O)O. The Kier molecular flexibility index (Phi) is 10.6. The van der Waals surface area contributed by atoms with Gasteiger partial charge >= 0.3 is 5.97 Å². The summed E-state index contributed by atoms with van der Waals surface area (Å²) in [5.41, 5.74) is -0.902. The number of likely N-dealkylation sites (N-methyl/N-ethyl adjacent to an activating group) is 1. The quantitative estimate of drug-likeness (QED) is 0.498. The Morgan fingerprint density at radius 3 is 2.38 bits per heavy atom. The summed E-state index contributed by atoms with van der Waals surface area (Å²) < 4.78 is 10.2. The van der Waals surface area contributed by atoms with E-state index in [1.54, 1.807) is 21.1 Å². The maximum Gasteiger partial charge on any atom is 0.323 e. The van der Waals surface area contributed by atoms with E-state index in [9.17, 15) is 9.90 Å².